The van der Waals surface area contributed by atoms with Crippen molar-refractivity contribution in [1.82, 2.24) is 15.0 Å². The van der Waals surface area contributed by atoms with Crippen LogP contribution in [0.4, 0.5) is 0 Å². The van der Waals surface area contributed by atoms with Crippen LogP contribution in [0.3, 0.4) is 0 Å². The summed E-state index contributed by atoms with van der Waals surface area (Å²) < 4.78 is 0. The summed E-state index contributed by atoms with van der Waals surface area (Å²) in [5.74, 6) is 4.61. The minimum Gasteiger partial charge on any atom is -0.208 e. The van der Waals surface area contributed by atoms with Crippen LogP contribution in [0.5, 0.6) is 0 Å². The van der Waals surface area contributed by atoms with Gasteiger partial charge >= 0.3 is 0 Å². The Bertz CT molecular complexity index is 2070. The van der Waals surface area contributed by atoms with Crippen LogP contribution >= 0.6 is 0 Å². The molecular weight excluding hydrogens is 585 g/mol. The molecule has 0 unspecified atom stereocenters. The molecule has 10 rings (SSSR count). The van der Waals surface area contributed by atoms with E-state index in [1.165, 1.54) is 55.2 Å². The number of aromatic nitrogens is 3. The molecule has 4 nitrogen and oxygen atoms in total. The van der Waals surface area contributed by atoms with Gasteiger partial charge in [-0.15, -0.1) is 0 Å². The molecule has 4 fully saturated rings. The smallest absolute Gasteiger partial charge is 0.164 e. The van der Waals surface area contributed by atoms with Crippen molar-refractivity contribution in [1.29, 1.82) is 5.26 Å². The molecule has 4 heteroatoms. The zero-order valence-corrected chi connectivity index (χ0v) is 26.9. The monoisotopic (exact) mass is 620 g/mol. The van der Waals surface area contributed by atoms with E-state index in [1.807, 2.05) is 72.8 Å². The van der Waals surface area contributed by atoms with E-state index in [4.69, 9.17) is 15.0 Å². The van der Waals surface area contributed by atoms with Crippen molar-refractivity contribution in [3.05, 3.63) is 139 Å². The molecule has 0 N–H and O–H groups in total. The summed E-state index contributed by atoms with van der Waals surface area (Å²) >= 11 is 0. The quantitative estimate of drug-likeness (QED) is 0.186. The molecule has 0 radical (unpaired) electrons. The molecule has 4 aliphatic carbocycles. The minimum atomic E-state index is 0.295. The van der Waals surface area contributed by atoms with Gasteiger partial charge in [-0.2, -0.15) is 5.26 Å². The van der Waals surface area contributed by atoms with E-state index in [1.54, 1.807) is 0 Å². The first-order valence-corrected chi connectivity index (χ1v) is 17.3. The van der Waals surface area contributed by atoms with Crippen molar-refractivity contribution >= 4 is 0 Å². The van der Waals surface area contributed by atoms with E-state index in [0.717, 1.165) is 45.6 Å². The van der Waals surface area contributed by atoms with Crippen molar-refractivity contribution in [3.63, 3.8) is 0 Å². The second-order valence-electron chi connectivity index (χ2n) is 14.3. The van der Waals surface area contributed by atoms with Crippen LogP contribution in [0.25, 0.3) is 56.4 Å². The standard InChI is InChI=1S/C44H36N4/c45-28-29-14-16-33(17-15-29)40-24-38(44-25-30-20-31(26-44)22-32(21-30)27-44)18-19-39(40)36-12-7-13-37(23-36)43-47-41(34-8-3-1-4-9-34)46-42(48-43)35-10-5-2-6-11-35/h1-19,23-24,30-32H,20-22,25-27H2. The fourth-order valence-electron chi connectivity index (χ4n) is 9.32. The number of nitriles is 1. The van der Waals surface area contributed by atoms with Gasteiger partial charge in [0.2, 0.25) is 0 Å². The van der Waals surface area contributed by atoms with Crippen LogP contribution in [0.1, 0.15) is 49.7 Å². The summed E-state index contributed by atoms with van der Waals surface area (Å²) in [6.07, 6.45) is 8.28. The normalized spacial score (nSPS) is 22.4. The van der Waals surface area contributed by atoms with Crippen LogP contribution in [0.2, 0.25) is 0 Å². The van der Waals surface area contributed by atoms with Gasteiger partial charge in [0.1, 0.15) is 0 Å². The first kappa shape index (κ1) is 28.8. The van der Waals surface area contributed by atoms with Crippen molar-refractivity contribution < 1.29 is 0 Å². The van der Waals surface area contributed by atoms with Crippen molar-refractivity contribution in [2.24, 2.45) is 17.8 Å². The maximum atomic E-state index is 9.53. The van der Waals surface area contributed by atoms with Crippen molar-refractivity contribution in [2.45, 2.75) is 43.9 Å². The third-order valence-corrected chi connectivity index (χ3v) is 11.1. The molecule has 5 aromatic carbocycles. The van der Waals surface area contributed by atoms with E-state index in [0.29, 0.717) is 28.5 Å². The number of hydrogen-bond donors (Lipinski definition) is 0. The molecule has 0 amide bonds. The highest BCUT2D eigenvalue weighted by Gasteiger charge is 2.51. The van der Waals surface area contributed by atoms with Crippen LogP contribution in [0, 0.1) is 29.1 Å². The highest BCUT2D eigenvalue weighted by atomic mass is 15.0. The van der Waals surface area contributed by atoms with E-state index in [-0.39, 0.29) is 0 Å². The molecule has 0 aliphatic heterocycles. The molecular formula is C44H36N4. The lowest BCUT2D eigenvalue weighted by molar-refractivity contribution is -0.00516. The second kappa shape index (κ2) is 11.7. The second-order valence-corrected chi connectivity index (χ2v) is 14.3. The summed E-state index contributed by atoms with van der Waals surface area (Å²) in [6.45, 7) is 0. The lowest BCUT2D eigenvalue weighted by atomic mass is 9.48. The predicted molar refractivity (Wildman–Crippen MR) is 192 cm³/mol. The molecule has 48 heavy (non-hydrogen) atoms. The maximum Gasteiger partial charge on any atom is 0.164 e. The summed E-state index contributed by atoms with van der Waals surface area (Å²) in [7, 11) is 0. The largest absolute Gasteiger partial charge is 0.208 e. The van der Waals surface area contributed by atoms with E-state index < -0.39 is 0 Å². The van der Waals surface area contributed by atoms with Crippen LogP contribution < -0.4 is 0 Å². The SMILES string of the molecule is N#Cc1ccc(-c2cc(C34CC5CC(CC(C5)C3)C4)ccc2-c2cccc(-c3nc(-c4ccccc4)nc(-c4ccccc4)n3)c2)cc1. The van der Waals surface area contributed by atoms with Crippen LogP contribution in [-0.4, -0.2) is 15.0 Å². The Morgan fingerprint density at radius 3 is 1.56 bits per heavy atom. The Kier molecular flexibility index (Phi) is 7.01. The zero-order chi connectivity index (χ0) is 32.1. The number of benzene rings is 5. The number of rotatable bonds is 6. The van der Waals surface area contributed by atoms with E-state index >= 15 is 0 Å². The summed E-state index contributed by atoms with van der Waals surface area (Å²) in [5, 5.41) is 9.53. The summed E-state index contributed by atoms with van der Waals surface area (Å²) in [4.78, 5) is 14.9. The average molecular weight is 621 g/mol. The lowest BCUT2D eigenvalue weighted by Gasteiger charge is -2.57. The minimum absolute atomic E-state index is 0.295. The van der Waals surface area contributed by atoms with Crippen molar-refractivity contribution in [3.8, 4) is 62.5 Å². The maximum absolute atomic E-state index is 9.53. The Labute approximate surface area is 282 Å². The number of hydrogen-bond acceptors (Lipinski definition) is 4. The highest BCUT2D eigenvalue weighted by molar-refractivity contribution is 5.86. The molecule has 0 spiro atoms. The topological polar surface area (TPSA) is 62.5 Å². The highest BCUT2D eigenvalue weighted by Crippen LogP contribution is 2.61. The molecule has 6 aromatic rings. The Hall–Kier alpha value is -5.40. The van der Waals surface area contributed by atoms with Gasteiger partial charge in [-0.25, -0.2) is 15.0 Å². The zero-order valence-electron chi connectivity index (χ0n) is 26.9. The predicted octanol–water partition coefficient (Wildman–Crippen LogP) is 10.5. The first-order chi connectivity index (χ1) is 23.6. The molecule has 4 saturated carbocycles. The van der Waals surface area contributed by atoms with Gasteiger partial charge in [-0.1, -0.05) is 103 Å². The van der Waals surface area contributed by atoms with Crippen LogP contribution in [-0.2, 0) is 5.41 Å². The Morgan fingerprint density at radius 2 is 1.00 bits per heavy atom. The van der Waals surface area contributed by atoms with Gasteiger partial charge in [0.05, 0.1) is 11.6 Å². The van der Waals surface area contributed by atoms with Gasteiger partial charge < -0.3 is 0 Å². The average Bonchev–Trinajstić information content (AvgIpc) is 3.15. The third kappa shape index (κ3) is 5.20. The fourth-order valence-corrected chi connectivity index (χ4v) is 9.32. The van der Waals surface area contributed by atoms with Gasteiger partial charge in [-0.3, -0.25) is 0 Å². The Balaban J connectivity index is 1.17. The van der Waals surface area contributed by atoms with Gasteiger partial charge in [0, 0.05) is 16.7 Å². The van der Waals surface area contributed by atoms with Gasteiger partial charge in [0.15, 0.2) is 17.5 Å². The first-order valence-electron chi connectivity index (χ1n) is 17.3. The molecule has 1 aromatic heterocycles. The molecule has 0 saturated heterocycles. The molecule has 232 valence electrons. The molecule has 4 bridgehead atoms. The van der Waals surface area contributed by atoms with Crippen LogP contribution in [0.15, 0.2) is 127 Å². The van der Waals surface area contributed by atoms with Gasteiger partial charge in [-0.05, 0) is 114 Å². The number of nitrogens with zero attached hydrogens (tertiary/aromatic N) is 4. The summed E-state index contributed by atoms with van der Waals surface area (Å²) in [6, 6.07) is 46.5. The van der Waals surface area contributed by atoms with Gasteiger partial charge in [0.25, 0.3) is 0 Å². The molecule has 4 aliphatic rings. The Morgan fingerprint density at radius 1 is 0.479 bits per heavy atom. The van der Waals surface area contributed by atoms with Crippen molar-refractivity contribution in [2.75, 3.05) is 0 Å². The van der Waals surface area contributed by atoms with E-state index in [9.17, 15) is 5.26 Å². The fraction of sp³-hybridized carbons (Fsp3) is 0.227. The third-order valence-electron chi connectivity index (χ3n) is 11.1. The lowest BCUT2D eigenvalue weighted by Crippen LogP contribution is -2.48. The molecule has 1 heterocycles. The summed E-state index contributed by atoms with van der Waals surface area (Å²) in [5.41, 5.74) is 9.98. The van der Waals surface area contributed by atoms with E-state index in [2.05, 4.69) is 60.7 Å². The molecule has 0 atom stereocenters.